The zero-order valence-electron chi connectivity index (χ0n) is 30.9. The number of allylic oxidation sites excluding steroid dienone is 4. The Morgan fingerprint density at radius 2 is 1.80 bits per heavy atom. The standard InChI is InChI=1S/C44H49N3O7/c1-3-5-9-30(4-2)38-28-54-40-24-33(48)12-16-37(40)42(38)31-10-13-34(14-11-31)53-22-20-46-25-29(26-46)8-6-7-21-52-35-15-17-36-32(23-35)27-47(44(36)51)39-18-19-41(49)45-43(39)50/h3-5,9-17,23-24,29,38-39,42,48H,1,6-8,18-22,25-28H2,2H3,(H,45,49,50)/b9-5-,30-4+. The number of unbranched alkanes of at least 4 members (excludes halogenated alkanes) is 1. The molecule has 282 valence electrons. The summed E-state index contributed by atoms with van der Waals surface area (Å²) in [5.41, 5.74) is 4.86. The number of hydrogen-bond donors (Lipinski definition) is 2. The van der Waals surface area contributed by atoms with Crippen LogP contribution in [0.5, 0.6) is 23.0 Å². The van der Waals surface area contributed by atoms with Gasteiger partial charge in [0.25, 0.3) is 5.91 Å². The quantitative estimate of drug-likeness (QED) is 0.103. The van der Waals surface area contributed by atoms with Gasteiger partial charge in [0.2, 0.25) is 11.8 Å². The van der Waals surface area contributed by atoms with Crippen LogP contribution in [0, 0.1) is 11.8 Å². The Hall–Kier alpha value is -5.35. The second-order valence-corrected chi connectivity index (χ2v) is 14.6. The molecule has 0 bridgehead atoms. The van der Waals surface area contributed by atoms with E-state index in [0.29, 0.717) is 44.3 Å². The molecule has 3 aromatic carbocycles. The zero-order chi connectivity index (χ0) is 37.6. The van der Waals surface area contributed by atoms with Gasteiger partial charge < -0.3 is 24.2 Å². The van der Waals surface area contributed by atoms with Crippen molar-refractivity contribution in [2.45, 2.75) is 57.5 Å². The van der Waals surface area contributed by atoms with Gasteiger partial charge in [-0.15, -0.1) is 0 Å². The van der Waals surface area contributed by atoms with Crippen LogP contribution in [-0.4, -0.2) is 78.1 Å². The van der Waals surface area contributed by atoms with Gasteiger partial charge in [-0.05, 0) is 91.6 Å². The summed E-state index contributed by atoms with van der Waals surface area (Å²) in [4.78, 5) is 40.8. The predicted molar refractivity (Wildman–Crippen MR) is 206 cm³/mol. The van der Waals surface area contributed by atoms with Crippen LogP contribution in [0.3, 0.4) is 0 Å². The molecule has 3 amide bonds. The summed E-state index contributed by atoms with van der Waals surface area (Å²) in [6, 6.07) is 18.7. The SMILES string of the molecule is C=C/C=C\C(=C/C)C1COc2cc(O)ccc2C1c1ccc(OCCN2CC(CCCCOc3ccc4c(c3)CN(C3CCC(=O)NC3=O)C4=O)C2)cc1. The normalized spacial score (nSPS) is 21.6. The first-order valence-electron chi connectivity index (χ1n) is 19.1. The van der Waals surface area contributed by atoms with Crippen LogP contribution >= 0.6 is 0 Å². The topological polar surface area (TPSA) is 118 Å². The zero-order valence-corrected chi connectivity index (χ0v) is 30.9. The van der Waals surface area contributed by atoms with Gasteiger partial charge in [-0.1, -0.05) is 49.1 Å². The number of nitrogens with one attached hydrogen (secondary N) is 1. The van der Waals surface area contributed by atoms with Crippen LogP contribution < -0.4 is 19.5 Å². The summed E-state index contributed by atoms with van der Waals surface area (Å²) in [6.07, 6.45) is 11.8. The number of likely N-dealkylation sites (tertiary alicyclic amines) is 1. The van der Waals surface area contributed by atoms with E-state index in [9.17, 15) is 19.5 Å². The molecule has 0 saturated carbocycles. The van der Waals surface area contributed by atoms with E-state index in [1.807, 2.05) is 31.2 Å². The van der Waals surface area contributed by atoms with E-state index in [1.54, 1.807) is 29.2 Å². The van der Waals surface area contributed by atoms with Gasteiger partial charge in [-0.25, -0.2) is 0 Å². The number of phenols is 1. The third-order valence-electron chi connectivity index (χ3n) is 11.1. The Morgan fingerprint density at radius 1 is 1.00 bits per heavy atom. The van der Waals surface area contributed by atoms with Gasteiger partial charge in [0.15, 0.2) is 0 Å². The molecule has 0 spiro atoms. The van der Waals surface area contributed by atoms with Crippen molar-refractivity contribution in [2.24, 2.45) is 11.8 Å². The summed E-state index contributed by atoms with van der Waals surface area (Å²) in [6.45, 7) is 11.0. The molecule has 2 fully saturated rings. The van der Waals surface area contributed by atoms with Gasteiger partial charge in [-0.3, -0.25) is 24.6 Å². The molecule has 0 aromatic heterocycles. The number of aromatic hydroxyl groups is 1. The molecule has 7 rings (SSSR count). The van der Waals surface area contributed by atoms with Crippen molar-refractivity contribution in [2.75, 3.05) is 39.5 Å². The van der Waals surface area contributed by atoms with Crippen molar-refractivity contribution >= 4 is 17.7 Å². The van der Waals surface area contributed by atoms with E-state index in [0.717, 1.165) is 67.3 Å². The van der Waals surface area contributed by atoms with Crippen LogP contribution in [0.4, 0.5) is 0 Å². The second-order valence-electron chi connectivity index (χ2n) is 14.6. The van der Waals surface area contributed by atoms with Crippen LogP contribution in [0.25, 0.3) is 0 Å². The molecule has 2 N–H and O–H groups in total. The highest BCUT2D eigenvalue weighted by Gasteiger charge is 2.39. The van der Waals surface area contributed by atoms with E-state index in [-0.39, 0.29) is 35.8 Å². The van der Waals surface area contributed by atoms with Crippen LogP contribution in [0.15, 0.2) is 97.1 Å². The molecule has 3 unspecified atom stereocenters. The van der Waals surface area contributed by atoms with E-state index in [2.05, 4.69) is 53.2 Å². The molecule has 0 aliphatic carbocycles. The highest BCUT2D eigenvalue weighted by Crippen LogP contribution is 2.46. The van der Waals surface area contributed by atoms with E-state index >= 15 is 0 Å². The van der Waals surface area contributed by atoms with Crippen LogP contribution in [0.2, 0.25) is 0 Å². The summed E-state index contributed by atoms with van der Waals surface area (Å²) in [5.74, 6) is 2.51. The third kappa shape index (κ3) is 8.24. The molecular weight excluding hydrogens is 682 g/mol. The molecule has 54 heavy (non-hydrogen) atoms. The molecule has 4 aliphatic heterocycles. The van der Waals surface area contributed by atoms with E-state index in [1.165, 1.54) is 11.1 Å². The van der Waals surface area contributed by atoms with Crippen molar-refractivity contribution in [1.82, 2.24) is 15.1 Å². The minimum absolute atomic E-state index is 0.0690. The van der Waals surface area contributed by atoms with Crippen molar-refractivity contribution in [3.63, 3.8) is 0 Å². The summed E-state index contributed by atoms with van der Waals surface area (Å²) >= 11 is 0. The van der Waals surface area contributed by atoms with E-state index in [4.69, 9.17) is 14.2 Å². The largest absolute Gasteiger partial charge is 0.508 e. The van der Waals surface area contributed by atoms with E-state index < -0.39 is 11.9 Å². The maximum absolute atomic E-state index is 12.9. The average molecular weight is 732 g/mol. The maximum Gasteiger partial charge on any atom is 0.255 e. The summed E-state index contributed by atoms with van der Waals surface area (Å²) < 4.78 is 18.3. The second kappa shape index (κ2) is 16.8. The lowest BCUT2D eigenvalue weighted by Gasteiger charge is -2.39. The van der Waals surface area contributed by atoms with Crippen molar-refractivity contribution in [1.29, 1.82) is 0 Å². The number of nitrogens with zero attached hydrogens (tertiary/aromatic N) is 2. The smallest absolute Gasteiger partial charge is 0.255 e. The van der Waals surface area contributed by atoms with Crippen molar-refractivity contribution in [3.8, 4) is 23.0 Å². The lowest BCUT2D eigenvalue weighted by molar-refractivity contribution is -0.136. The third-order valence-corrected chi connectivity index (χ3v) is 11.1. The number of piperidine rings is 1. The molecule has 4 heterocycles. The number of ether oxygens (including phenoxy) is 3. The number of phenolic OH excluding ortho intramolecular Hbond substituents is 1. The number of carbonyl (C=O) groups excluding carboxylic acids is 3. The van der Waals surface area contributed by atoms with Crippen molar-refractivity contribution in [3.05, 3.63) is 119 Å². The Bertz CT molecular complexity index is 1930. The fraction of sp³-hybridized carbons (Fsp3) is 0.386. The van der Waals surface area contributed by atoms with Gasteiger partial charge in [0, 0.05) is 61.6 Å². The number of fused-ring (bicyclic) bond motifs is 2. The number of benzene rings is 3. The highest BCUT2D eigenvalue weighted by atomic mass is 16.5. The number of rotatable bonds is 15. The molecule has 10 nitrogen and oxygen atoms in total. The van der Waals surface area contributed by atoms with Gasteiger partial charge >= 0.3 is 0 Å². The Kier molecular flexibility index (Phi) is 11.5. The first-order chi connectivity index (χ1) is 26.3. The average Bonchev–Trinajstić information content (AvgIpc) is 3.48. The Balaban J connectivity index is 0.811. The van der Waals surface area contributed by atoms with Gasteiger partial charge in [-0.2, -0.15) is 0 Å². The molecule has 10 heteroatoms. The lowest BCUT2D eigenvalue weighted by Crippen LogP contribution is -2.52. The fourth-order valence-corrected chi connectivity index (χ4v) is 8.18. The number of imide groups is 1. The fourth-order valence-electron chi connectivity index (χ4n) is 8.18. The first kappa shape index (κ1) is 37.0. The lowest BCUT2D eigenvalue weighted by atomic mass is 9.75. The number of hydrogen-bond acceptors (Lipinski definition) is 8. The van der Waals surface area contributed by atoms with Crippen LogP contribution in [0.1, 0.15) is 72.0 Å². The summed E-state index contributed by atoms with van der Waals surface area (Å²) in [5, 5.41) is 12.4. The predicted octanol–water partition coefficient (Wildman–Crippen LogP) is 6.54. The first-order valence-corrected chi connectivity index (χ1v) is 19.1. The summed E-state index contributed by atoms with van der Waals surface area (Å²) in [7, 11) is 0. The molecular formula is C44H49N3O7. The minimum Gasteiger partial charge on any atom is -0.508 e. The molecule has 3 aromatic rings. The Labute approximate surface area is 317 Å². The Morgan fingerprint density at radius 3 is 2.57 bits per heavy atom. The number of carbonyl (C=O) groups is 3. The molecule has 4 aliphatic rings. The number of amides is 3. The molecule has 2 saturated heterocycles. The van der Waals surface area contributed by atoms with Crippen LogP contribution in [-0.2, 0) is 16.1 Å². The molecule has 3 atom stereocenters. The minimum atomic E-state index is -0.614. The van der Waals surface area contributed by atoms with Gasteiger partial charge in [0.1, 0.15) is 35.6 Å². The maximum atomic E-state index is 12.9. The highest BCUT2D eigenvalue weighted by molar-refractivity contribution is 6.05. The molecule has 0 radical (unpaired) electrons. The monoisotopic (exact) mass is 731 g/mol. The van der Waals surface area contributed by atoms with Crippen molar-refractivity contribution < 1.29 is 33.7 Å². The van der Waals surface area contributed by atoms with Gasteiger partial charge in [0.05, 0.1) is 13.2 Å².